The number of nitrogens with one attached hydrogen (secondary N) is 1. The number of hydrogen-bond donors (Lipinski definition) is 2. The third-order valence-electron chi connectivity index (χ3n) is 1.10. The SMILES string of the molecule is CC(=O)c1csc(S(=N)(N)=O)n1. The van der Waals surface area contributed by atoms with Crippen molar-refractivity contribution < 1.29 is 9.00 Å². The minimum absolute atomic E-state index is 0.00676. The van der Waals surface area contributed by atoms with Gasteiger partial charge in [-0.2, -0.15) is 0 Å². The molecule has 1 aromatic heterocycles. The largest absolute Gasteiger partial charge is 0.293 e. The second-order valence-electron chi connectivity index (χ2n) is 2.16. The Morgan fingerprint density at radius 3 is 2.67 bits per heavy atom. The zero-order chi connectivity index (χ0) is 9.35. The number of nitrogens with two attached hydrogens (primary N) is 1. The average molecular weight is 205 g/mol. The molecule has 0 amide bonds. The molecule has 0 spiro atoms. The van der Waals surface area contributed by atoms with Crippen LogP contribution in [0.2, 0.25) is 0 Å². The summed E-state index contributed by atoms with van der Waals surface area (Å²) in [4.78, 5) is 14.4. The fraction of sp³-hybridized carbons (Fsp3) is 0.200. The van der Waals surface area contributed by atoms with E-state index >= 15 is 0 Å². The highest BCUT2D eigenvalue weighted by Gasteiger charge is 2.11. The first kappa shape index (κ1) is 9.30. The van der Waals surface area contributed by atoms with Crippen molar-refractivity contribution in [2.75, 3.05) is 0 Å². The maximum absolute atomic E-state index is 10.9. The Labute approximate surface area is 73.7 Å². The molecule has 66 valence electrons. The van der Waals surface area contributed by atoms with Gasteiger partial charge in [-0.25, -0.2) is 19.1 Å². The molecule has 0 aliphatic rings. The van der Waals surface area contributed by atoms with Gasteiger partial charge in [0.25, 0.3) is 0 Å². The average Bonchev–Trinajstić information content (AvgIpc) is 2.30. The van der Waals surface area contributed by atoms with Crippen LogP contribution in [0.3, 0.4) is 0 Å². The fourth-order valence-corrected chi connectivity index (χ4v) is 2.09. The van der Waals surface area contributed by atoms with E-state index in [1.807, 2.05) is 0 Å². The van der Waals surface area contributed by atoms with Gasteiger partial charge in [-0.05, 0) is 0 Å². The quantitative estimate of drug-likeness (QED) is 0.693. The van der Waals surface area contributed by atoms with Gasteiger partial charge in [-0.15, -0.1) is 11.3 Å². The standard InChI is InChI=1S/C5H7N3O2S2/c1-3(9)4-2-11-5(8-4)12(6,7)10/h2H,1H3,(H3,6,7,10). The zero-order valence-corrected chi connectivity index (χ0v) is 7.87. The van der Waals surface area contributed by atoms with Gasteiger partial charge in [0.15, 0.2) is 15.7 Å². The van der Waals surface area contributed by atoms with E-state index in [9.17, 15) is 9.00 Å². The van der Waals surface area contributed by atoms with Crippen LogP contribution in [0.25, 0.3) is 0 Å². The van der Waals surface area contributed by atoms with Gasteiger partial charge in [0, 0.05) is 12.3 Å². The topological polar surface area (TPSA) is 96.9 Å². The van der Waals surface area contributed by atoms with Crippen LogP contribution in [0.1, 0.15) is 17.4 Å². The summed E-state index contributed by atoms with van der Waals surface area (Å²) in [6.45, 7) is 1.35. The summed E-state index contributed by atoms with van der Waals surface area (Å²) >= 11 is 0.965. The Hall–Kier alpha value is -0.790. The summed E-state index contributed by atoms with van der Waals surface area (Å²) in [5.41, 5.74) is 0.209. The van der Waals surface area contributed by atoms with Crippen LogP contribution in [0.15, 0.2) is 9.72 Å². The maximum Gasteiger partial charge on any atom is 0.204 e. The third kappa shape index (κ3) is 1.87. The van der Waals surface area contributed by atoms with E-state index in [0.29, 0.717) is 0 Å². The van der Waals surface area contributed by atoms with Crippen LogP contribution in [0, 0.1) is 4.78 Å². The number of carbonyl (C=O) groups is 1. The van der Waals surface area contributed by atoms with Gasteiger partial charge in [0.2, 0.25) is 4.34 Å². The van der Waals surface area contributed by atoms with Crippen molar-refractivity contribution >= 4 is 27.0 Å². The van der Waals surface area contributed by atoms with Gasteiger partial charge >= 0.3 is 0 Å². The van der Waals surface area contributed by atoms with Gasteiger partial charge in [-0.3, -0.25) is 4.79 Å². The van der Waals surface area contributed by atoms with Gasteiger partial charge in [0.1, 0.15) is 5.69 Å². The van der Waals surface area contributed by atoms with Crippen molar-refractivity contribution in [1.82, 2.24) is 4.98 Å². The molecule has 1 aromatic rings. The summed E-state index contributed by atoms with van der Waals surface area (Å²) in [6, 6.07) is 0. The van der Waals surface area contributed by atoms with Gasteiger partial charge in [-0.1, -0.05) is 0 Å². The summed E-state index contributed by atoms with van der Waals surface area (Å²) in [7, 11) is -3.26. The normalized spacial score (nSPS) is 15.5. The maximum atomic E-state index is 10.9. The Morgan fingerprint density at radius 2 is 2.42 bits per heavy atom. The summed E-state index contributed by atoms with van der Waals surface area (Å²) in [5, 5.41) is 6.44. The minimum atomic E-state index is -3.26. The van der Waals surface area contributed by atoms with E-state index in [1.165, 1.54) is 12.3 Å². The number of hydrogen-bond acceptors (Lipinski definition) is 5. The van der Waals surface area contributed by atoms with E-state index in [1.54, 1.807) is 0 Å². The molecular formula is C5H7N3O2S2. The Kier molecular flexibility index (Phi) is 2.27. The van der Waals surface area contributed by atoms with Crippen molar-refractivity contribution in [2.24, 2.45) is 5.14 Å². The molecule has 5 nitrogen and oxygen atoms in total. The molecule has 0 saturated carbocycles. The first-order valence-corrected chi connectivity index (χ1v) is 5.44. The van der Waals surface area contributed by atoms with Crippen molar-refractivity contribution in [3.8, 4) is 0 Å². The lowest BCUT2D eigenvalue weighted by Crippen LogP contribution is -2.10. The summed E-state index contributed by atoms with van der Waals surface area (Å²) in [5.74, 6) is -0.221. The summed E-state index contributed by atoms with van der Waals surface area (Å²) < 4.78 is 17.9. The highest BCUT2D eigenvalue weighted by atomic mass is 32.2. The molecular weight excluding hydrogens is 198 g/mol. The fourth-order valence-electron chi connectivity index (χ4n) is 0.558. The molecule has 0 fully saturated rings. The monoisotopic (exact) mass is 205 g/mol. The molecule has 1 unspecified atom stereocenters. The predicted octanol–water partition coefficient (Wildman–Crippen LogP) is 0.625. The highest BCUT2D eigenvalue weighted by molar-refractivity contribution is 7.92. The second-order valence-corrected chi connectivity index (χ2v) is 4.86. The number of carbonyl (C=O) groups excluding carboxylic acids is 1. The number of nitrogens with zero attached hydrogens (tertiary/aromatic N) is 1. The smallest absolute Gasteiger partial charge is 0.204 e. The Bertz CT molecular complexity index is 406. The lowest BCUT2D eigenvalue weighted by Gasteiger charge is -1.90. The van der Waals surface area contributed by atoms with Crippen molar-refractivity contribution in [3.63, 3.8) is 0 Å². The molecule has 0 aromatic carbocycles. The molecule has 0 saturated heterocycles. The molecule has 1 rings (SSSR count). The second kappa shape index (κ2) is 2.92. The van der Waals surface area contributed by atoms with Crippen LogP contribution in [0.5, 0.6) is 0 Å². The highest BCUT2D eigenvalue weighted by Crippen LogP contribution is 2.14. The van der Waals surface area contributed by atoms with Crippen LogP contribution in [-0.4, -0.2) is 15.0 Å². The summed E-state index contributed by atoms with van der Waals surface area (Å²) in [6.07, 6.45) is 0. The lowest BCUT2D eigenvalue weighted by atomic mass is 10.4. The molecule has 1 atom stereocenters. The van der Waals surface area contributed by atoms with Crippen LogP contribution < -0.4 is 5.14 Å². The predicted molar refractivity (Wildman–Crippen MR) is 45.4 cm³/mol. The molecule has 0 aliphatic heterocycles. The van der Waals surface area contributed by atoms with E-state index in [-0.39, 0.29) is 15.8 Å². The van der Waals surface area contributed by atoms with E-state index in [0.717, 1.165) is 11.3 Å². The van der Waals surface area contributed by atoms with Crippen molar-refractivity contribution in [3.05, 3.63) is 11.1 Å². The molecule has 1 heterocycles. The van der Waals surface area contributed by atoms with E-state index < -0.39 is 9.92 Å². The first-order valence-electron chi connectivity index (χ1n) is 2.94. The minimum Gasteiger partial charge on any atom is -0.293 e. The number of ketones is 1. The van der Waals surface area contributed by atoms with E-state index in [2.05, 4.69) is 4.98 Å². The Morgan fingerprint density at radius 1 is 1.83 bits per heavy atom. The molecule has 0 bridgehead atoms. The van der Waals surface area contributed by atoms with Crippen molar-refractivity contribution in [2.45, 2.75) is 11.3 Å². The first-order chi connectivity index (χ1) is 5.41. The van der Waals surface area contributed by atoms with Crippen LogP contribution >= 0.6 is 11.3 Å². The van der Waals surface area contributed by atoms with Gasteiger partial charge < -0.3 is 0 Å². The third-order valence-corrected chi connectivity index (χ3v) is 3.38. The van der Waals surface area contributed by atoms with Crippen molar-refractivity contribution in [1.29, 1.82) is 4.78 Å². The number of rotatable bonds is 2. The molecule has 12 heavy (non-hydrogen) atoms. The van der Waals surface area contributed by atoms with Crippen LogP contribution in [0.4, 0.5) is 0 Å². The zero-order valence-electron chi connectivity index (χ0n) is 6.23. The lowest BCUT2D eigenvalue weighted by molar-refractivity contribution is 0.101. The molecule has 3 N–H and O–H groups in total. The number of Topliss-reactive ketones (excluding diaryl/α,β-unsaturated/α-hetero) is 1. The van der Waals surface area contributed by atoms with E-state index in [4.69, 9.17) is 9.92 Å². The Balaban J connectivity index is 3.17. The molecule has 0 radical (unpaired) electrons. The number of thiazole rings is 1. The molecule has 0 aliphatic carbocycles. The van der Waals surface area contributed by atoms with Gasteiger partial charge in [0.05, 0.1) is 0 Å². The number of aromatic nitrogens is 1. The van der Waals surface area contributed by atoms with Crippen LogP contribution in [-0.2, 0) is 9.92 Å². The molecule has 7 heteroatoms.